The van der Waals surface area contributed by atoms with Gasteiger partial charge in [-0.05, 0) is 115 Å². The molecule has 6 atom stereocenters. The Labute approximate surface area is 338 Å². The SMILES string of the molecule is COC(=O)C(C)=CCC12OC(C)(C)C1C1=C3Oc4c(CC=C(C)C)c5c(c(OCBr)c4C4=C3C(C(C#N)C(=N)N4C)C(C1)C2=O)C=CC(C)(CCC=C(C)C)O5. The smallest absolute Gasteiger partial charge is 0.333 e. The summed E-state index contributed by atoms with van der Waals surface area (Å²) in [4.78, 5) is 29.3. The van der Waals surface area contributed by atoms with E-state index in [1.807, 2.05) is 20.9 Å². The molecule has 6 aliphatic rings. The zero-order valence-corrected chi connectivity index (χ0v) is 35.7. The first-order chi connectivity index (χ1) is 26.4. The highest BCUT2D eigenvalue weighted by Crippen LogP contribution is 2.67. The molecule has 4 aliphatic heterocycles. The monoisotopic (exact) mass is 825 g/mol. The number of Topliss-reactive ketones (excluding diaryl/α,β-unsaturated/α-hetero) is 1. The average molecular weight is 827 g/mol. The number of benzene rings is 1. The molecule has 7 rings (SSSR count). The van der Waals surface area contributed by atoms with Crippen LogP contribution in [0.5, 0.6) is 17.2 Å². The van der Waals surface area contributed by atoms with Crippen LogP contribution in [0.4, 0.5) is 0 Å². The van der Waals surface area contributed by atoms with Crippen molar-refractivity contribution in [1.29, 1.82) is 10.7 Å². The lowest BCUT2D eigenvalue weighted by molar-refractivity contribution is -0.291. The van der Waals surface area contributed by atoms with Gasteiger partial charge in [-0.15, -0.1) is 0 Å². The molecule has 56 heavy (non-hydrogen) atoms. The average Bonchev–Trinajstić information content (AvgIpc) is 3.13. The van der Waals surface area contributed by atoms with Crippen molar-refractivity contribution in [2.24, 2.45) is 23.7 Å². The van der Waals surface area contributed by atoms with Crippen molar-refractivity contribution >= 4 is 45.3 Å². The van der Waals surface area contributed by atoms with Crippen molar-refractivity contribution in [2.75, 3.05) is 19.7 Å². The molecule has 2 bridgehead atoms. The second kappa shape index (κ2) is 14.2. The van der Waals surface area contributed by atoms with Crippen LogP contribution in [0.3, 0.4) is 0 Å². The van der Waals surface area contributed by atoms with Crippen LogP contribution in [0.25, 0.3) is 11.8 Å². The number of ether oxygens (including phenoxy) is 5. The minimum absolute atomic E-state index is 0.0964. The second-order valence-corrected chi connectivity index (χ2v) is 17.6. The lowest BCUT2D eigenvalue weighted by atomic mass is 9.49. The highest BCUT2D eigenvalue weighted by atomic mass is 79.9. The Hall–Kier alpha value is -4.40. The number of rotatable bonds is 10. The molecule has 296 valence electrons. The standard InChI is InChI=1S/C45H52BrN3O7/c1-23(2)12-11-17-44(8)18-16-27-35(55-44)26(14-13-24(3)4)37-33(36(27)53-22-46)34-32-31(30(21-47)41(48)49(34)9)28-20-29(38(32)54-37)39-43(6,7)56-45(39,40(28)50)19-15-25(5)42(51)52-10/h12-13,15-16,18,28,30-31,39,48H,11,14,17,19-20,22H2,1-10H3. The Morgan fingerprint density at radius 1 is 1.12 bits per heavy atom. The lowest BCUT2D eigenvalue weighted by Gasteiger charge is -2.65. The number of allylic oxidation sites excluding steroid dienone is 5. The maximum absolute atomic E-state index is 15.0. The van der Waals surface area contributed by atoms with Gasteiger partial charge in [0, 0.05) is 47.9 Å². The summed E-state index contributed by atoms with van der Waals surface area (Å²) < 4.78 is 32.5. The number of amidine groups is 1. The third kappa shape index (κ3) is 6.01. The van der Waals surface area contributed by atoms with E-state index in [2.05, 4.69) is 80.9 Å². The number of nitrogens with one attached hydrogen (secondary N) is 1. The third-order valence-electron chi connectivity index (χ3n) is 12.4. The minimum Gasteiger partial charge on any atom is -0.482 e. The largest absolute Gasteiger partial charge is 0.482 e. The van der Waals surface area contributed by atoms with Crippen LogP contribution in [0, 0.1) is 40.4 Å². The number of hydrogen-bond acceptors (Lipinski definition) is 9. The highest BCUT2D eigenvalue weighted by molar-refractivity contribution is 9.09. The number of alkyl halides is 1. The van der Waals surface area contributed by atoms with Crippen LogP contribution in [-0.4, -0.2) is 59.0 Å². The highest BCUT2D eigenvalue weighted by Gasteiger charge is 2.72. The number of halogens is 1. The zero-order chi connectivity index (χ0) is 40.6. The topological polar surface area (TPSA) is 131 Å². The van der Waals surface area contributed by atoms with E-state index < -0.39 is 40.5 Å². The van der Waals surface area contributed by atoms with Gasteiger partial charge >= 0.3 is 5.97 Å². The van der Waals surface area contributed by atoms with E-state index in [4.69, 9.17) is 23.7 Å². The fourth-order valence-electron chi connectivity index (χ4n) is 9.96. The molecule has 0 spiro atoms. The molecule has 1 aromatic rings. The number of hydrogen-bond donors (Lipinski definition) is 1. The summed E-state index contributed by atoms with van der Waals surface area (Å²) >= 11 is 3.53. The molecule has 0 radical (unpaired) electrons. The van der Waals surface area contributed by atoms with Gasteiger partial charge in [0.15, 0.2) is 5.78 Å². The molecular weight excluding hydrogens is 774 g/mol. The maximum atomic E-state index is 15.0. The number of fused-ring (bicyclic) bond motifs is 8. The fourth-order valence-corrected chi connectivity index (χ4v) is 10.2. The third-order valence-corrected chi connectivity index (χ3v) is 12.6. The molecule has 1 saturated carbocycles. The molecule has 4 heterocycles. The summed E-state index contributed by atoms with van der Waals surface area (Å²) in [5.74, 6) is -0.692. The van der Waals surface area contributed by atoms with Gasteiger partial charge in [-0.2, -0.15) is 5.26 Å². The lowest BCUT2D eigenvalue weighted by Crippen LogP contribution is -2.74. The van der Waals surface area contributed by atoms with Crippen LogP contribution in [-0.2, 0) is 25.5 Å². The summed E-state index contributed by atoms with van der Waals surface area (Å²) in [7, 11) is 3.15. The summed E-state index contributed by atoms with van der Waals surface area (Å²) in [6.07, 6.45) is 13.0. The number of methoxy groups -OCH3 is 1. The Kier molecular flexibility index (Phi) is 10.1. The van der Waals surface area contributed by atoms with Crippen molar-refractivity contribution in [3.8, 4) is 23.3 Å². The Bertz CT molecular complexity index is 2180. The Morgan fingerprint density at radius 3 is 2.46 bits per heavy atom. The summed E-state index contributed by atoms with van der Waals surface area (Å²) in [6, 6.07) is 2.41. The van der Waals surface area contributed by atoms with Gasteiger partial charge in [0.1, 0.15) is 51.5 Å². The van der Waals surface area contributed by atoms with E-state index >= 15 is 4.79 Å². The predicted octanol–water partition coefficient (Wildman–Crippen LogP) is 9.15. The first kappa shape index (κ1) is 39.8. The maximum Gasteiger partial charge on any atom is 0.333 e. The van der Waals surface area contributed by atoms with Gasteiger partial charge < -0.3 is 28.6 Å². The summed E-state index contributed by atoms with van der Waals surface area (Å²) in [5, 5.41) is 20.2. The molecule has 1 N–H and O–H groups in total. The van der Waals surface area contributed by atoms with Crippen molar-refractivity contribution in [3.63, 3.8) is 0 Å². The van der Waals surface area contributed by atoms with E-state index in [-0.39, 0.29) is 29.5 Å². The molecule has 1 aromatic carbocycles. The van der Waals surface area contributed by atoms with Crippen molar-refractivity contribution in [1.82, 2.24) is 4.90 Å². The summed E-state index contributed by atoms with van der Waals surface area (Å²) in [5.41, 5.74) is 5.05. The summed E-state index contributed by atoms with van der Waals surface area (Å²) in [6.45, 7) is 16.1. The van der Waals surface area contributed by atoms with Crippen LogP contribution >= 0.6 is 15.9 Å². The molecule has 10 nitrogen and oxygen atoms in total. The van der Waals surface area contributed by atoms with E-state index in [1.165, 1.54) is 12.7 Å². The minimum atomic E-state index is -1.28. The van der Waals surface area contributed by atoms with Gasteiger partial charge in [0.25, 0.3) is 0 Å². The first-order valence-electron chi connectivity index (χ1n) is 19.4. The molecular formula is C45H52BrN3O7. The quantitative estimate of drug-likeness (QED) is 0.106. The van der Waals surface area contributed by atoms with Gasteiger partial charge in [-0.3, -0.25) is 10.2 Å². The van der Waals surface area contributed by atoms with E-state index in [0.29, 0.717) is 52.7 Å². The van der Waals surface area contributed by atoms with Gasteiger partial charge in [-0.1, -0.05) is 29.4 Å². The number of nitrogens with zero attached hydrogens (tertiary/aromatic N) is 2. The number of carbonyl (C=O) groups is 2. The van der Waals surface area contributed by atoms with Gasteiger partial charge in [-0.25, -0.2) is 4.79 Å². The molecule has 11 heteroatoms. The number of ketones is 1. The van der Waals surface area contributed by atoms with Crippen molar-refractivity contribution in [2.45, 2.75) is 104 Å². The normalized spacial score (nSPS) is 29.0. The molecule has 2 fully saturated rings. The Balaban J connectivity index is 1.53. The van der Waals surface area contributed by atoms with Crippen molar-refractivity contribution < 1.29 is 33.3 Å². The van der Waals surface area contributed by atoms with Crippen LogP contribution < -0.4 is 14.2 Å². The van der Waals surface area contributed by atoms with Crippen molar-refractivity contribution in [3.05, 3.63) is 74.6 Å². The van der Waals surface area contributed by atoms with Gasteiger partial charge in [0.2, 0.25) is 0 Å². The second-order valence-electron chi connectivity index (χ2n) is 17.1. The molecule has 2 aliphatic carbocycles. The molecule has 6 unspecified atom stereocenters. The molecule has 1 saturated heterocycles. The Morgan fingerprint density at radius 2 is 1.84 bits per heavy atom. The van der Waals surface area contributed by atoms with E-state index in [9.17, 15) is 15.5 Å². The van der Waals surface area contributed by atoms with Crippen LogP contribution in [0.2, 0.25) is 0 Å². The first-order valence-corrected chi connectivity index (χ1v) is 20.5. The number of nitriles is 1. The predicted molar refractivity (Wildman–Crippen MR) is 218 cm³/mol. The molecule has 0 amide bonds. The molecule has 0 aromatic heterocycles. The van der Waals surface area contributed by atoms with E-state index in [0.717, 1.165) is 40.7 Å². The van der Waals surface area contributed by atoms with Crippen LogP contribution in [0.1, 0.15) is 97.8 Å². The van der Waals surface area contributed by atoms with Gasteiger partial charge in [0.05, 0.1) is 35.6 Å². The number of carbonyl (C=O) groups excluding carboxylic acids is 2. The number of esters is 1. The van der Waals surface area contributed by atoms with E-state index in [1.54, 1.807) is 17.9 Å². The fraction of sp³-hybridized carbons (Fsp3) is 0.511. The zero-order valence-electron chi connectivity index (χ0n) is 34.1. The van der Waals surface area contributed by atoms with Crippen LogP contribution in [0.15, 0.2) is 57.9 Å².